The zero-order chi connectivity index (χ0) is 10.7. The van der Waals surface area contributed by atoms with Crippen molar-refractivity contribution in [1.82, 2.24) is 10.2 Å². The molecule has 2 nitrogen and oxygen atoms in total. The number of nitrogens with zero attached hydrogens (tertiary/aromatic N) is 1. The number of likely N-dealkylation sites (tertiary alicyclic amines) is 1. The van der Waals surface area contributed by atoms with E-state index in [1.165, 1.54) is 51.7 Å². The molecule has 1 saturated heterocycles. The van der Waals surface area contributed by atoms with E-state index in [1.54, 1.807) is 0 Å². The second-order valence-corrected chi connectivity index (χ2v) is 5.57. The third kappa shape index (κ3) is 2.94. The van der Waals surface area contributed by atoms with E-state index in [9.17, 15) is 0 Å². The first-order valence-corrected chi connectivity index (χ1v) is 6.69. The van der Waals surface area contributed by atoms with E-state index < -0.39 is 0 Å². The first-order valence-electron chi connectivity index (χ1n) is 6.69. The molecule has 2 unspecified atom stereocenters. The van der Waals surface area contributed by atoms with E-state index in [-0.39, 0.29) is 0 Å². The molecule has 0 amide bonds. The van der Waals surface area contributed by atoms with Crippen molar-refractivity contribution in [3.05, 3.63) is 0 Å². The fourth-order valence-corrected chi connectivity index (χ4v) is 3.21. The number of piperidine rings is 1. The van der Waals surface area contributed by atoms with Crippen LogP contribution in [0.1, 0.15) is 39.0 Å². The summed E-state index contributed by atoms with van der Waals surface area (Å²) in [6.07, 6.45) is 7.09. The van der Waals surface area contributed by atoms with Crippen LogP contribution in [0.25, 0.3) is 0 Å². The number of hydrogen-bond donors (Lipinski definition) is 1. The molecule has 0 aromatic rings. The predicted octanol–water partition coefficient (Wildman–Crippen LogP) is 2.11. The van der Waals surface area contributed by atoms with E-state index in [1.807, 2.05) is 0 Å². The summed E-state index contributed by atoms with van der Waals surface area (Å²) in [4.78, 5) is 2.69. The highest BCUT2D eigenvalue weighted by Crippen LogP contribution is 2.27. The van der Waals surface area contributed by atoms with Gasteiger partial charge in [-0.25, -0.2) is 0 Å². The van der Waals surface area contributed by atoms with Gasteiger partial charge in [-0.1, -0.05) is 13.3 Å². The zero-order valence-corrected chi connectivity index (χ0v) is 10.3. The Balaban J connectivity index is 1.76. The van der Waals surface area contributed by atoms with Gasteiger partial charge in [0.25, 0.3) is 0 Å². The van der Waals surface area contributed by atoms with Crippen LogP contribution in [0.2, 0.25) is 0 Å². The first kappa shape index (κ1) is 11.4. The van der Waals surface area contributed by atoms with E-state index in [0.717, 1.165) is 17.9 Å². The van der Waals surface area contributed by atoms with Gasteiger partial charge in [0.2, 0.25) is 0 Å². The molecule has 1 N–H and O–H groups in total. The average Bonchev–Trinajstić information content (AvgIpc) is 2.69. The number of nitrogens with one attached hydrogen (secondary N) is 1. The minimum Gasteiger partial charge on any atom is -0.317 e. The third-order valence-electron chi connectivity index (χ3n) is 4.40. The van der Waals surface area contributed by atoms with Gasteiger partial charge in [0.05, 0.1) is 0 Å². The van der Waals surface area contributed by atoms with Crippen molar-refractivity contribution in [2.24, 2.45) is 11.8 Å². The molecule has 88 valence electrons. The van der Waals surface area contributed by atoms with E-state index in [4.69, 9.17) is 0 Å². The van der Waals surface area contributed by atoms with Crippen LogP contribution in [0.4, 0.5) is 0 Å². The topological polar surface area (TPSA) is 15.3 Å². The fourth-order valence-electron chi connectivity index (χ4n) is 3.21. The number of rotatable bonds is 3. The molecule has 0 aromatic heterocycles. The third-order valence-corrected chi connectivity index (χ3v) is 4.40. The molecular weight excluding hydrogens is 184 g/mol. The zero-order valence-electron chi connectivity index (χ0n) is 10.3. The van der Waals surface area contributed by atoms with Gasteiger partial charge in [0.15, 0.2) is 0 Å². The molecule has 1 aliphatic heterocycles. The summed E-state index contributed by atoms with van der Waals surface area (Å²) in [5, 5.41) is 3.49. The maximum Gasteiger partial charge on any atom is 0.0104 e. The molecular formula is C13H26N2. The maximum atomic E-state index is 3.49. The Kier molecular flexibility index (Phi) is 4.04. The van der Waals surface area contributed by atoms with Gasteiger partial charge in [-0.2, -0.15) is 0 Å². The summed E-state index contributed by atoms with van der Waals surface area (Å²) in [6.45, 7) is 6.42. The van der Waals surface area contributed by atoms with Crippen molar-refractivity contribution in [1.29, 1.82) is 0 Å². The molecule has 2 atom stereocenters. The quantitative estimate of drug-likeness (QED) is 0.767. The van der Waals surface area contributed by atoms with Crippen molar-refractivity contribution in [3.8, 4) is 0 Å². The van der Waals surface area contributed by atoms with Crippen molar-refractivity contribution in [2.45, 2.75) is 45.1 Å². The molecule has 1 heterocycles. The molecule has 2 aliphatic rings. The Morgan fingerprint density at radius 2 is 1.87 bits per heavy atom. The molecule has 2 fully saturated rings. The van der Waals surface area contributed by atoms with Crippen LogP contribution >= 0.6 is 0 Å². The lowest BCUT2D eigenvalue weighted by Gasteiger charge is -2.33. The van der Waals surface area contributed by atoms with Gasteiger partial charge in [0, 0.05) is 12.6 Å². The fraction of sp³-hybridized carbons (Fsp3) is 1.00. The molecule has 0 bridgehead atoms. The second-order valence-electron chi connectivity index (χ2n) is 5.57. The average molecular weight is 210 g/mol. The van der Waals surface area contributed by atoms with E-state index in [0.29, 0.717) is 0 Å². The largest absolute Gasteiger partial charge is 0.317 e. The van der Waals surface area contributed by atoms with Gasteiger partial charge in [-0.15, -0.1) is 0 Å². The summed E-state index contributed by atoms with van der Waals surface area (Å²) in [5.41, 5.74) is 0. The Morgan fingerprint density at radius 1 is 1.13 bits per heavy atom. The molecule has 0 spiro atoms. The summed E-state index contributed by atoms with van der Waals surface area (Å²) in [5.74, 6) is 1.88. The van der Waals surface area contributed by atoms with Crippen LogP contribution in [0.3, 0.4) is 0 Å². The predicted molar refractivity (Wildman–Crippen MR) is 65.0 cm³/mol. The smallest absolute Gasteiger partial charge is 0.0104 e. The first-order chi connectivity index (χ1) is 7.29. The Morgan fingerprint density at radius 3 is 2.53 bits per heavy atom. The van der Waals surface area contributed by atoms with Gasteiger partial charge in [-0.05, 0) is 57.7 Å². The summed E-state index contributed by atoms with van der Waals surface area (Å²) < 4.78 is 0. The molecule has 0 aromatic carbocycles. The van der Waals surface area contributed by atoms with E-state index in [2.05, 4.69) is 24.2 Å². The van der Waals surface area contributed by atoms with Crippen LogP contribution in [0.5, 0.6) is 0 Å². The lowest BCUT2D eigenvalue weighted by Crippen LogP contribution is -2.41. The van der Waals surface area contributed by atoms with Crippen molar-refractivity contribution < 1.29 is 0 Å². The Hall–Kier alpha value is -0.0800. The summed E-state index contributed by atoms with van der Waals surface area (Å²) in [7, 11) is 2.13. The molecule has 1 aliphatic carbocycles. The standard InChI is InChI=1S/C13H26N2/c1-11-6-8-15(9-7-11)10-12-4-3-5-13(12)14-2/h11-14H,3-10H2,1-2H3. The minimum atomic E-state index is 0.796. The molecule has 15 heavy (non-hydrogen) atoms. The summed E-state index contributed by atoms with van der Waals surface area (Å²) in [6, 6.07) is 0.796. The highest BCUT2D eigenvalue weighted by Gasteiger charge is 2.28. The van der Waals surface area contributed by atoms with E-state index >= 15 is 0 Å². The SMILES string of the molecule is CNC1CCCC1CN1CCC(C)CC1. The van der Waals surface area contributed by atoms with Crippen LogP contribution in [-0.2, 0) is 0 Å². The maximum absolute atomic E-state index is 3.49. The normalized spacial score (nSPS) is 34.8. The van der Waals surface area contributed by atoms with Crippen LogP contribution in [0, 0.1) is 11.8 Å². The van der Waals surface area contributed by atoms with Gasteiger partial charge < -0.3 is 10.2 Å². The highest BCUT2D eigenvalue weighted by molar-refractivity contribution is 4.85. The van der Waals surface area contributed by atoms with Gasteiger partial charge >= 0.3 is 0 Å². The lowest BCUT2D eigenvalue weighted by molar-refractivity contribution is 0.159. The monoisotopic (exact) mass is 210 g/mol. The molecule has 1 saturated carbocycles. The second kappa shape index (κ2) is 5.31. The van der Waals surface area contributed by atoms with Gasteiger partial charge in [-0.3, -0.25) is 0 Å². The van der Waals surface area contributed by atoms with Crippen molar-refractivity contribution in [3.63, 3.8) is 0 Å². The van der Waals surface area contributed by atoms with Crippen LogP contribution in [-0.4, -0.2) is 37.6 Å². The van der Waals surface area contributed by atoms with Crippen LogP contribution in [0.15, 0.2) is 0 Å². The highest BCUT2D eigenvalue weighted by atomic mass is 15.1. The van der Waals surface area contributed by atoms with Gasteiger partial charge in [0.1, 0.15) is 0 Å². The van der Waals surface area contributed by atoms with Crippen molar-refractivity contribution in [2.75, 3.05) is 26.7 Å². The Bertz CT molecular complexity index is 185. The lowest BCUT2D eigenvalue weighted by atomic mass is 9.96. The minimum absolute atomic E-state index is 0.796. The Labute approximate surface area is 94.4 Å². The molecule has 2 heteroatoms. The summed E-state index contributed by atoms with van der Waals surface area (Å²) >= 11 is 0. The molecule has 2 rings (SSSR count). The number of hydrogen-bond acceptors (Lipinski definition) is 2. The van der Waals surface area contributed by atoms with Crippen molar-refractivity contribution >= 4 is 0 Å². The van der Waals surface area contributed by atoms with Crippen LogP contribution < -0.4 is 5.32 Å². The molecule has 0 radical (unpaired) electrons.